The van der Waals surface area contributed by atoms with E-state index in [0.29, 0.717) is 6.42 Å². The number of aliphatic hydroxyl groups is 1. The average Bonchev–Trinajstić information content (AvgIpc) is 2.59. The van der Waals surface area contributed by atoms with E-state index in [4.69, 9.17) is 10.8 Å². The van der Waals surface area contributed by atoms with Gasteiger partial charge in [-0.2, -0.15) is 0 Å². The molecule has 0 spiro atoms. The van der Waals surface area contributed by atoms with E-state index in [1.54, 1.807) is 20.8 Å². The van der Waals surface area contributed by atoms with E-state index in [0.717, 1.165) is 0 Å². The number of rotatable bonds is 11. The summed E-state index contributed by atoms with van der Waals surface area (Å²) >= 11 is 0. The second-order valence-corrected chi connectivity index (χ2v) is 6.98. The van der Waals surface area contributed by atoms with Crippen molar-refractivity contribution >= 4 is 23.7 Å². The normalized spacial score (nSPS) is 16.6. The van der Waals surface area contributed by atoms with Crippen molar-refractivity contribution in [3.8, 4) is 0 Å². The Morgan fingerprint density at radius 1 is 0.926 bits per heavy atom. The quantitative estimate of drug-likeness (QED) is 0.252. The van der Waals surface area contributed by atoms with Crippen LogP contribution in [0.25, 0.3) is 0 Å². The SMILES string of the molecule is CCC(C)C(N)C(=O)NC(C(=O)NC(C(=O)NCC(=O)O)C(C)C)C(C)O. The molecular weight excluding hydrogens is 356 g/mol. The molecule has 0 aliphatic heterocycles. The predicted molar refractivity (Wildman–Crippen MR) is 98.5 cm³/mol. The number of nitrogens with two attached hydrogens (primary N) is 1. The molecular formula is C17H32N4O6. The third-order valence-electron chi connectivity index (χ3n) is 4.28. The Labute approximate surface area is 159 Å². The number of amides is 3. The molecule has 10 nitrogen and oxygen atoms in total. The lowest BCUT2D eigenvalue weighted by Crippen LogP contribution is -2.60. The molecule has 7 N–H and O–H groups in total. The molecule has 0 heterocycles. The highest BCUT2D eigenvalue weighted by molar-refractivity contribution is 5.94. The molecule has 0 rings (SSSR count). The first-order chi connectivity index (χ1) is 12.4. The van der Waals surface area contributed by atoms with Crippen molar-refractivity contribution < 1.29 is 29.4 Å². The first-order valence-corrected chi connectivity index (χ1v) is 8.96. The predicted octanol–water partition coefficient (Wildman–Crippen LogP) is -1.43. The van der Waals surface area contributed by atoms with E-state index in [9.17, 15) is 24.3 Å². The van der Waals surface area contributed by atoms with Gasteiger partial charge < -0.3 is 31.9 Å². The van der Waals surface area contributed by atoms with Gasteiger partial charge in [0.25, 0.3) is 0 Å². The summed E-state index contributed by atoms with van der Waals surface area (Å²) in [7, 11) is 0. The molecule has 156 valence electrons. The van der Waals surface area contributed by atoms with Gasteiger partial charge in [0, 0.05) is 0 Å². The topological polar surface area (TPSA) is 171 Å². The number of hydrogen-bond acceptors (Lipinski definition) is 6. The Balaban J connectivity index is 5.14. The van der Waals surface area contributed by atoms with E-state index in [-0.39, 0.29) is 11.8 Å². The van der Waals surface area contributed by atoms with E-state index in [1.165, 1.54) is 6.92 Å². The minimum atomic E-state index is -1.30. The van der Waals surface area contributed by atoms with Gasteiger partial charge in [0.2, 0.25) is 17.7 Å². The summed E-state index contributed by atoms with van der Waals surface area (Å²) < 4.78 is 0. The van der Waals surface area contributed by atoms with Gasteiger partial charge in [0.05, 0.1) is 12.1 Å². The van der Waals surface area contributed by atoms with Crippen molar-refractivity contribution in [2.24, 2.45) is 17.6 Å². The third kappa shape index (κ3) is 8.35. The van der Waals surface area contributed by atoms with Crippen LogP contribution in [0, 0.1) is 11.8 Å². The summed E-state index contributed by atoms with van der Waals surface area (Å²) in [6, 6.07) is -3.18. The molecule has 0 fully saturated rings. The van der Waals surface area contributed by atoms with Gasteiger partial charge in [-0.05, 0) is 18.8 Å². The molecule has 0 aliphatic carbocycles. The summed E-state index contributed by atoms with van der Waals surface area (Å²) in [4.78, 5) is 47.4. The second-order valence-electron chi connectivity index (χ2n) is 6.98. The largest absolute Gasteiger partial charge is 0.480 e. The maximum atomic E-state index is 12.5. The number of aliphatic hydroxyl groups excluding tert-OH is 1. The van der Waals surface area contributed by atoms with E-state index < -0.39 is 54.5 Å². The van der Waals surface area contributed by atoms with Gasteiger partial charge in [-0.15, -0.1) is 0 Å². The third-order valence-corrected chi connectivity index (χ3v) is 4.28. The van der Waals surface area contributed by atoms with Crippen LogP contribution in [0.5, 0.6) is 0 Å². The van der Waals surface area contributed by atoms with Gasteiger partial charge in [-0.3, -0.25) is 19.2 Å². The molecule has 0 aromatic carbocycles. The molecule has 0 aromatic rings. The fourth-order valence-corrected chi connectivity index (χ4v) is 2.22. The fourth-order valence-electron chi connectivity index (χ4n) is 2.22. The van der Waals surface area contributed by atoms with Crippen LogP contribution in [-0.4, -0.2) is 64.7 Å². The van der Waals surface area contributed by atoms with Gasteiger partial charge in [-0.1, -0.05) is 34.1 Å². The van der Waals surface area contributed by atoms with Crippen molar-refractivity contribution in [3.05, 3.63) is 0 Å². The summed E-state index contributed by atoms with van der Waals surface area (Å²) in [5.41, 5.74) is 5.84. The molecule has 0 saturated carbocycles. The van der Waals surface area contributed by atoms with Crippen LogP contribution in [0.15, 0.2) is 0 Å². The highest BCUT2D eigenvalue weighted by atomic mass is 16.4. The van der Waals surface area contributed by atoms with Gasteiger partial charge >= 0.3 is 5.97 Å². The smallest absolute Gasteiger partial charge is 0.322 e. The Morgan fingerprint density at radius 2 is 1.44 bits per heavy atom. The molecule has 0 aromatic heterocycles. The first-order valence-electron chi connectivity index (χ1n) is 8.96. The van der Waals surface area contributed by atoms with E-state index in [2.05, 4.69) is 16.0 Å². The molecule has 0 bridgehead atoms. The average molecular weight is 388 g/mol. The molecule has 27 heavy (non-hydrogen) atoms. The minimum Gasteiger partial charge on any atom is -0.480 e. The van der Waals surface area contributed by atoms with Crippen LogP contribution in [-0.2, 0) is 19.2 Å². The summed E-state index contributed by atoms with van der Waals surface area (Å²) in [6.45, 7) is 7.75. The zero-order valence-corrected chi connectivity index (χ0v) is 16.5. The maximum Gasteiger partial charge on any atom is 0.322 e. The molecule has 0 radical (unpaired) electrons. The summed E-state index contributed by atoms with van der Waals surface area (Å²) in [5.74, 6) is -3.71. The molecule has 3 amide bonds. The molecule has 5 atom stereocenters. The lowest BCUT2D eigenvalue weighted by Gasteiger charge is -2.27. The summed E-state index contributed by atoms with van der Waals surface area (Å²) in [5, 5.41) is 25.6. The molecule has 0 saturated heterocycles. The highest BCUT2D eigenvalue weighted by Gasteiger charge is 2.32. The maximum absolute atomic E-state index is 12.5. The fraction of sp³-hybridized carbons (Fsp3) is 0.765. The lowest BCUT2D eigenvalue weighted by molar-refractivity contribution is -0.139. The number of carbonyl (C=O) groups is 4. The van der Waals surface area contributed by atoms with E-state index >= 15 is 0 Å². The van der Waals surface area contributed by atoms with Crippen LogP contribution >= 0.6 is 0 Å². The van der Waals surface area contributed by atoms with Crippen LogP contribution < -0.4 is 21.7 Å². The monoisotopic (exact) mass is 388 g/mol. The molecule has 10 heteroatoms. The Hall–Kier alpha value is -2.20. The van der Waals surface area contributed by atoms with Gasteiger partial charge in [0.15, 0.2) is 0 Å². The van der Waals surface area contributed by atoms with E-state index in [1.807, 2.05) is 6.92 Å². The number of hydrogen-bond donors (Lipinski definition) is 6. The Kier molecular flexibility index (Phi) is 10.6. The lowest BCUT2D eigenvalue weighted by atomic mass is 9.98. The highest BCUT2D eigenvalue weighted by Crippen LogP contribution is 2.07. The van der Waals surface area contributed by atoms with Gasteiger partial charge in [-0.25, -0.2) is 0 Å². The number of nitrogens with one attached hydrogen (secondary N) is 3. The van der Waals surface area contributed by atoms with Crippen molar-refractivity contribution in [2.45, 2.75) is 65.3 Å². The zero-order valence-electron chi connectivity index (χ0n) is 16.5. The summed E-state index contributed by atoms with van der Waals surface area (Å²) in [6.07, 6.45) is -0.563. The number of carboxylic acid groups (broad SMARTS) is 1. The van der Waals surface area contributed by atoms with Crippen molar-refractivity contribution in [1.82, 2.24) is 16.0 Å². The van der Waals surface area contributed by atoms with Crippen molar-refractivity contribution in [2.75, 3.05) is 6.54 Å². The van der Waals surface area contributed by atoms with Crippen LogP contribution in [0.2, 0.25) is 0 Å². The molecule has 0 aliphatic rings. The number of carbonyl (C=O) groups excluding carboxylic acids is 3. The van der Waals surface area contributed by atoms with Crippen LogP contribution in [0.1, 0.15) is 41.0 Å². The minimum absolute atomic E-state index is 0.118. The number of aliphatic carboxylic acids is 1. The second kappa shape index (κ2) is 11.5. The standard InChI is InChI=1S/C17H32N4O6/c1-6-9(4)12(18)15(25)21-14(10(5)22)17(27)20-13(8(2)3)16(26)19-7-11(23)24/h8-10,12-14,22H,6-7,18H2,1-5H3,(H,19,26)(H,20,27)(H,21,25)(H,23,24). The van der Waals surface area contributed by atoms with Crippen molar-refractivity contribution in [1.29, 1.82) is 0 Å². The number of carboxylic acids is 1. The first kappa shape index (κ1) is 24.8. The Bertz CT molecular complexity index is 538. The van der Waals surface area contributed by atoms with Gasteiger partial charge in [0.1, 0.15) is 18.6 Å². The van der Waals surface area contributed by atoms with Crippen LogP contribution in [0.4, 0.5) is 0 Å². The van der Waals surface area contributed by atoms with Crippen molar-refractivity contribution in [3.63, 3.8) is 0 Å². The van der Waals surface area contributed by atoms with Crippen LogP contribution in [0.3, 0.4) is 0 Å². The zero-order chi connectivity index (χ0) is 21.3. The Morgan fingerprint density at radius 3 is 1.85 bits per heavy atom. The molecule has 5 unspecified atom stereocenters.